The van der Waals surface area contributed by atoms with E-state index in [1.807, 2.05) is 24.3 Å². The normalized spacial score (nSPS) is 11.6. The molecule has 3 N–H and O–H groups in total. The Hall–Kier alpha value is -3.48. The van der Waals surface area contributed by atoms with Crippen molar-refractivity contribution in [3.05, 3.63) is 82.6 Å². The van der Waals surface area contributed by atoms with Gasteiger partial charge in [-0.05, 0) is 48.7 Å². The van der Waals surface area contributed by atoms with E-state index in [0.29, 0.717) is 24.2 Å². The summed E-state index contributed by atoms with van der Waals surface area (Å²) < 4.78 is 41.2. The molecule has 0 aliphatic rings. The molecule has 0 amide bonds. The summed E-state index contributed by atoms with van der Waals surface area (Å²) in [6.45, 7) is 0.176. The van der Waals surface area contributed by atoms with Crippen LogP contribution in [0.5, 0.6) is 0 Å². The first kappa shape index (κ1) is 21.2. The van der Waals surface area contributed by atoms with Crippen LogP contribution in [0.4, 0.5) is 10.2 Å². The monoisotopic (exact) mass is 425 g/mol. The van der Waals surface area contributed by atoms with Gasteiger partial charge in [-0.2, -0.15) is 10.4 Å². The quantitative estimate of drug-likeness (QED) is 0.539. The largest absolute Gasteiger partial charge is 0.382 e. The number of nitriles is 1. The lowest BCUT2D eigenvalue weighted by atomic mass is 10.1. The molecule has 0 spiro atoms. The van der Waals surface area contributed by atoms with Crippen molar-refractivity contribution in [3.63, 3.8) is 0 Å². The maximum Gasteiger partial charge on any atom is 0.233 e. The van der Waals surface area contributed by atoms with Crippen LogP contribution in [0.3, 0.4) is 0 Å². The Morgan fingerprint density at radius 3 is 2.53 bits per heavy atom. The molecule has 0 unspecified atom stereocenters. The highest BCUT2D eigenvalue weighted by Crippen LogP contribution is 2.21. The van der Waals surface area contributed by atoms with E-state index in [1.165, 1.54) is 35.0 Å². The summed E-state index contributed by atoms with van der Waals surface area (Å²) in [5.41, 5.74) is 8.01. The van der Waals surface area contributed by atoms with E-state index in [2.05, 4.69) is 9.82 Å². The van der Waals surface area contributed by atoms with Crippen LogP contribution in [0.25, 0.3) is 11.8 Å². The molecule has 0 aliphatic carbocycles. The predicted octanol–water partition coefficient (Wildman–Crippen LogP) is 2.99. The fourth-order valence-corrected chi connectivity index (χ4v) is 3.67. The molecule has 7 nitrogen and oxygen atoms in total. The number of halogens is 1. The third-order valence-electron chi connectivity index (χ3n) is 4.31. The van der Waals surface area contributed by atoms with E-state index in [4.69, 9.17) is 5.73 Å². The van der Waals surface area contributed by atoms with E-state index in [9.17, 15) is 18.1 Å². The fourth-order valence-electron chi connectivity index (χ4n) is 2.80. The molecule has 3 aromatic rings. The molecule has 0 atom stereocenters. The highest BCUT2D eigenvalue weighted by molar-refractivity contribution is 7.92. The smallest absolute Gasteiger partial charge is 0.233 e. The highest BCUT2D eigenvalue weighted by atomic mass is 32.2. The molecule has 0 bridgehead atoms. The Morgan fingerprint density at radius 1 is 1.17 bits per heavy atom. The number of nitrogen functional groups attached to an aromatic ring is 1. The van der Waals surface area contributed by atoms with Crippen molar-refractivity contribution in [1.82, 2.24) is 14.5 Å². The Kier molecular flexibility index (Phi) is 6.61. The second kappa shape index (κ2) is 9.35. The van der Waals surface area contributed by atoms with Gasteiger partial charge < -0.3 is 5.73 Å². The number of nitrogens with one attached hydrogen (secondary N) is 1. The first-order chi connectivity index (χ1) is 14.4. The molecule has 9 heteroatoms. The number of nitrogens with two attached hydrogens (primary N) is 1. The van der Waals surface area contributed by atoms with Gasteiger partial charge in [-0.3, -0.25) is 0 Å². The standard InChI is InChI=1S/C21H20FN5O2S/c22-17-8-10-18(11-9-17)27-21(24)19(15-23)20(26-27)7-4-13-25-30(28,29)14-12-16-5-2-1-3-6-16/h1-3,5-6,8-12,14,25H,4,7,13,24H2/b14-12+. The lowest BCUT2D eigenvalue weighted by Gasteiger charge is -2.03. The summed E-state index contributed by atoms with van der Waals surface area (Å²) in [5.74, 6) is -0.232. The first-order valence-corrected chi connectivity index (χ1v) is 10.7. The molecule has 3 rings (SSSR count). The molecule has 0 fully saturated rings. The van der Waals surface area contributed by atoms with Crippen LogP contribution in [0.15, 0.2) is 60.0 Å². The first-order valence-electron chi connectivity index (χ1n) is 9.16. The SMILES string of the molecule is N#Cc1c(CCCNS(=O)(=O)/C=C/c2ccccc2)nn(-c2ccc(F)cc2)c1N. The number of aryl methyl sites for hydroxylation is 1. The average molecular weight is 425 g/mol. The van der Waals surface area contributed by atoms with Gasteiger partial charge >= 0.3 is 0 Å². The lowest BCUT2D eigenvalue weighted by molar-refractivity contribution is 0.587. The minimum Gasteiger partial charge on any atom is -0.382 e. The molecule has 1 heterocycles. The van der Waals surface area contributed by atoms with E-state index >= 15 is 0 Å². The van der Waals surface area contributed by atoms with Crippen LogP contribution in [-0.2, 0) is 16.4 Å². The Morgan fingerprint density at radius 2 is 1.87 bits per heavy atom. The number of sulfonamides is 1. The summed E-state index contributed by atoms with van der Waals surface area (Å²) in [6, 6.07) is 16.7. The maximum atomic E-state index is 13.1. The number of anilines is 1. The van der Waals surface area contributed by atoms with Gasteiger partial charge in [0.05, 0.1) is 11.4 Å². The molecule has 2 aromatic carbocycles. The van der Waals surface area contributed by atoms with Crippen molar-refractivity contribution >= 4 is 21.9 Å². The van der Waals surface area contributed by atoms with Crippen molar-refractivity contribution in [1.29, 1.82) is 5.26 Å². The van der Waals surface area contributed by atoms with Crippen LogP contribution >= 0.6 is 0 Å². The second-order valence-electron chi connectivity index (χ2n) is 6.46. The van der Waals surface area contributed by atoms with Crippen LogP contribution < -0.4 is 10.5 Å². The number of hydrogen-bond donors (Lipinski definition) is 2. The molecule has 0 radical (unpaired) electrons. The molecule has 0 saturated carbocycles. The van der Waals surface area contributed by atoms with Crippen molar-refractivity contribution in [3.8, 4) is 11.8 Å². The van der Waals surface area contributed by atoms with E-state index in [-0.39, 0.29) is 23.7 Å². The van der Waals surface area contributed by atoms with Crippen LogP contribution in [-0.4, -0.2) is 24.7 Å². The summed E-state index contributed by atoms with van der Waals surface area (Å²) >= 11 is 0. The molecule has 154 valence electrons. The summed E-state index contributed by atoms with van der Waals surface area (Å²) in [4.78, 5) is 0. The van der Waals surface area contributed by atoms with Gasteiger partial charge in [-0.1, -0.05) is 30.3 Å². The summed E-state index contributed by atoms with van der Waals surface area (Å²) in [6.07, 6.45) is 2.29. The number of hydrogen-bond acceptors (Lipinski definition) is 5. The Balaban J connectivity index is 1.62. The zero-order chi connectivity index (χ0) is 21.6. The molecular weight excluding hydrogens is 405 g/mol. The summed E-state index contributed by atoms with van der Waals surface area (Å²) in [5, 5.41) is 14.9. The molecule has 30 heavy (non-hydrogen) atoms. The molecule has 0 aliphatic heterocycles. The Bertz CT molecular complexity index is 1180. The van der Waals surface area contributed by atoms with Crippen LogP contribution in [0, 0.1) is 17.1 Å². The second-order valence-corrected chi connectivity index (χ2v) is 8.11. The lowest BCUT2D eigenvalue weighted by Crippen LogP contribution is -2.22. The Labute approximate surface area is 174 Å². The van der Waals surface area contributed by atoms with E-state index < -0.39 is 10.0 Å². The van der Waals surface area contributed by atoms with Crippen LogP contribution in [0.1, 0.15) is 23.2 Å². The van der Waals surface area contributed by atoms with Gasteiger partial charge in [0, 0.05) is 12.0 Å². The summed E-state index contributed by atoms with van der Waals surface area (Å²) in [7, 11) is -3.58. The maximum absolute atomic E-state index is 13.1. The highest BCUT2D eigenvalue weighted by Gasteiger charge is 2.16. The number of nitrogens with zero attached hydrogens (tertiary/aromatic N) is 3. The van der Waals surface area contributed by atoms with Crippen molar-refractivity contribution < 1.29 is 12.8 Å². The molecular formula is C21H20FN5O2S. The number of aromatic nitrogens is 2. The predicted molar refractivity (Wildman–Crippen MR) is 113 cm³/mol. The number of benzene rings is 2. The molecule has 1 aromatic heterocycles. The minimum absolute atomic E-state index is 0.158. The topological polar surface area (TPSA) is 114 Å². The van der Waals surface area contributed by atoms with Gasteiger partial charge in [-0.25, -0.2) is 22.2 Å². The zero-order valence-corrected chi connectivity index (χ0v) is 16.8. The van der Waals surface area contributed by atoms with Gasteiger partial charge in [0.1, 0.15) is 23.3 Å². The van der Waals surface area contributed by atoms with Crippen molar-refractivity contribution in [2.24, 2.45) is 0 Å². The van der Waals surface area contributed by atoms with Crippen molar-refractivity contribution in [2.45, 2.75) is 12.8 Å². The van der Waals surface area contributed by atoms with Gasteiger partial charge in [0.2, 0.25) is 10.0 Å². The minimum atomic E-state index is -3.58. The van der Waals surface area contributed by atoms with Crippen molar-refractivity contribution in [2.75, 3.05) is 12.3 Å². The molecule has 0 saturated heterocycles. The fraction of sp³-hybridized carbons (Fsp3) is 0.143. The van der Waals surface area contributed by atoms with Gasteiger partial charge in [-0.15, -0.1) is 0 Å². The average Bonchev–Trinajstić information content (AvgIpc) is 3.06. The van der Waals surface area contributed by atoms with E-state index in [0.717, 1.165) is 11.0 Å². The zero-order valence-electron chi connectivity index (χ0n) is 16.0. The third-order valence-corrected chi connectivity index (χ3v) is 5.41. The third kappa shape index (κ3) is 5.31. The van der Waals surface area contributed by atoms with Gasteiger partial charge in [0.25, 0.3) is 0 Å². The van der Waals surface area contributed by atoms with Crippen LogP contribution in [0.2, 0.25) is 0 Å². The van der Waals surface area contributed by atoms with E-state index in [1.54, 1.807) is 12.1 Å². The number of rotatable bonds is 8. The van der Waals surface area contributed by atoms with Gasteiger partial charge in [0.15, 0.2) is 0 Å².